The molecule has 0 atom stereocenters. The van der Waals surface area contributed by atoms with E-state index in [1.807, 2.05) is 0 Å². The van der Waals surface area contributed by atoms with Crippen molar-refractivity contribution < 1.29 is 8.98 Å². The number of nitrogens with zero attached hydrogens (tertiary/aromatic N) is 1. The van der Waals surface area contributed by atoms with Crippen LogP contribution in [0.2, 0.25) is 32.7 Å². The van der Waals surface area contributed by atoms with Crippen molar-refractivity contribution in [3.8, 4) is 11.3 Å². The second-order valence-electron chi connectivity index (χ2n) is 12.6. The SMILES string of the molecule is Cc1cc2c(oc3ccccc32)c(-c2cc([Si](C)(C)c3ccccc3)c3ccc([Si](C)(C)C)cc3[n+]2C)c1C. The minimum absolute atomic E-state index is 0.947. The number of benzene rings is 4. The molecule has 0 saturated heterocycles. The number of rotatable bonds is 4. The third-order valence-electron chi connectivity index (χ3n) is 8.77. The summed E-state index contributed by atoms with van der Waals surface area (Å²) in [6, 6.07) is 31.6. The van der Waals surface area contributed by atoms with Crippen molar-refractivity contribution in [2.24, 2.45) is 7.05 Å². The summed E-state index contributed by atoms with van der Waals surface area (Å²) in [5.41, 5.74) is 8.26. The summed E-state index contributed by atoms with van der Waals surface area (Å²) < 4.78 is 9.06. The van der Waals surface area contributed by atoms with Crippen LogP contribution < -0.4 is 20.1 Å². The number of aryl methyl sites for hydroxylation is 2. The average Bonchev–Trinajstić information content (AvgIpc) is 3.27. The molecule has 2 nitrogen and oxygen atoms in total. The molecule has 196 valence electrons. The molecular weight excluding hydrogens is 507 g/mol. The Morgan fingerprint density at radius 3 is 2.08 bits per heavy atom. The van der Waals surface area contributed by atoms with Gasteiger partial charge in [0.1, 0.15) is 26.3 Å². The lowest BCUT2D eigenvalue weighted by molar-refractivity contribution is -0.633. The first-order valence-electron chi connectivity index (χ1n) is 13.9. The number of pyridine rings is 1. The number of furan rings is 1. The van der Waals surface area contributed by atoms with Gasteiger partial charge >= 0.3 is 0 Å². The molecule has 0 fully saturated rings. The lowest BCUT2D eigenvalue weighted by Gasteiger charge is -2.26. The Hall–Kier alpha value is -3.48. The van der Waals surface area contributed by atoms with Gasteiger partial charge in [0.2, 0.25) is 11.2 Å². The number of aromatic nitrogens is 1. The van der Waals surface area contributed by atoms with Crippen LogP contribution in [0.1, 0.15) is 11.1 Å². The van der Waals surface area contributed by atoms with Crippen LogP contribution in [0.4, 0.5) is 0 Å². The highest BCUT2D eigenvalue weighted by molar-refractivity contribution is 7.01. The minimum Gasteiger partial charge on any atom is -0.455 e. The summed E-state index contributed by atoms with van der Waals surface area (Å²) in [5, 5.41) is 8.17. The maximum atomic E-state index is 6.63. The van der Waals surface area contributed by atoms with E-state index in [2.05, 4.69) is 143 Å². The average molecular weight is 545 g/mol. The van der Waals surface area contributed by atoms with Crippen molar-refractivity contribution >= 4 is 64.5 Å². The zero-order valence-electron chi connectivity index (χ0n) is 24.4. The van der Waals surface area contributed by atoms with Crippen molar-refractivity contribution in [2.75, 3.05) is 0 Å². The van der Waals surface area contributed by atoms with E-state index in [0.29, 0.717) is 0 Å². The van der Waals surface area contributed by atoms with Crippen LogP contribution in [0, 0.1) is 13.8 Å². The highest BCUT2D eigenvalue weighted by atomic mass is 28.3. The number of hydrogen-bond acceptors (Lipinski definition) is 1. The first-order chi connectivity index (χ1) is 18.5. The lowest BCUT2D eigenvalue weighted by Crippen LogP contribution is -2.54. The summed E-state index contributed by atoms with van der Waals surface area (Å²) in [4.78, 5) is 0. The molecule has 0 aliphatic heterocycles. The van der Waals surface area contributed by atoms with Gasteiger partial charge in [-0.3, -0.25) is 0 Å². The fourth-order valence-electron chi connectivity index (χ4n) is 6.11. The van der Waals surface area contributed by atoms with Gasteiger partial charge in [0, 0.05) is 28.3 Å². The van der Waals surface area contributed by atoms with E-state index in [1.165, 1.54) is 59.6 Å². The Bertz CT molecular complexity index is 1890. The Kier molecular flexibility index (Phi) is 5.97. The quantitative estimate of drug-likeness (QED) is 0.169. The van der Waals surface area contributed by atoms with E-state index < -0.39 is 16.1 Å². The molecule has 2 aromatic heterocycles. The predicted octanol–water partition coefficient (Wildman–Crippen LogP) is 7.22. The summed E-state index contributed by atoms with van der Waals surface area (Å²) in [5.74, 6) is 0. The Labute approximate surface area is 233 Å². The second-order valence-corrected chi connectivity index (χ2v) is 22.1. The number of para-hydroxylation sites is 1. The maximum absolute atomic E-state index is 6.63. The van der Waals surface area contributed by atoms with Crippen molar-refractivity contribution in [3.05, 3.63) is 96.1 Å². The minimum atomic E-state index is -2.03. The third kappa shape index (κ3) is 4.09. The molecule has 0 aliphatic rings. The van der Waals surface area contributed by atoms with Gasteiger partial charge < -0.3 is 4.42 Å². The molecule has 4 aromatic carbocycles. The van der Waals surface area contributed by atoms with E-state index in [-0.39, 0.29) is 0 Å². The molecule has 0 saturated carbocycles. The van der Waals surface area contributed by atoms with Gasteiger partial charge in [-0.1, -0.05) is 97.7 Å². The number of fused-ring (bicyclic) bond motifs is 4. The molecule has 0 bridgehead atoms. The summed E-state index contributed by atoms with van der Waals surface area (Å²) in [6.07, 6.45) is 0. The first-order valence-corrected chi connectivity index (χ1v) is 20.4. The highest BCUT2D eigenvalue weighted by Gasteiger charge is 2.34. The van der Waals surface area contributed by atoms with E-state index >= 15 is 0 Å². The smallest absolute Gasteiger partial charge is 0.216 e. The Morgan fingerprint density at radius 1 is 0.667 bits per heavy atom. The van der Waals surface area contributed by atoms with Gasteiger partial charge in [0.05, 0.1) is 13.6 Å². The molecule has 4 heteroatoms. The number of hydrogen-bond donors (Lipinski definition) is 0. The van der Waals surface area contributed by atoms with Gasteiger partial charge in [-0.15, -0.1) is 0 Å². The van der Waals surface area contributed by atoms with E-state index in [1.54, 1.807) is 0 Å². The third-order valence-corrected chi connectivity index (χ3v) is 14.4. The maximum Gasteiger partial charge on any atom is 0.216 e. The highest BCUT2D eigenvalue weighted by Crippen LogP contribution is 2.38. The fourth-order valence-corrected chi connectivity index (χ4v) is 9.98. The van der Waals surface area contributed by atoms with Crippen molar-refractivity contribution in [1.82, 2.24) is 0 Å². The van der Waals surface area contributed by atoms with Crippen LogP contribution >= 0.6 is 0 Å². The van der Waals surface area contributed by atoms with E-state index in [9.17, 15) is 0 Å². The van der Waals surface area contributed by atoms with Crippen molar-refractivity contribution in [2.45, 2.75) is 46.6 Å². The topological polar surface area (TPSA) is 17.0 Å². The first kappa shape index (κ1) is 25.8. The Balaban J connectivity index is 1.77. The lowest BCUT2D eigenvalue weighted by atomic mass is 9.96. The zero-order valence-corrected chi connectivity index (χ0v) is 26.4. The van der Waals surface area contributed by atoms with Crippen LogP contribution in [0.15, 0.2) is 89.3 Å². The monoisotopic (exact) mass is 544 g/mol. The molecule has 0 N–H and O–H groups in total. The van der Waals surface area contributed by atoms with E-state index in [0.717, 1.165) is 11.2 Å². The molecule has 0 amide bonds. The molecule has 39 heavy (non-hydrogen) atoms. The Morgan fingerprint density at radius 2 is 1.36 bits per heavy atom. The molecule has 0 radical (unpaired) electrons. The molecule has 0 spiro atoms. The standard InChI is InChI=1S/C35H38NOSi2/c1-23-20-29-27-16-12-13-17-32(27)37-35(29)34(24(23)2)31-22-33(39(7,8)25-14-10-9-11-15-25)28-19-18-26(38(4,5)6)21-30(28)36(31)3/h9-22H,1-8H3/q+1. The van der Waals surface area contributed by atoms with Crippen LogP contribution in [0.3, 0.4) is 0 Å². The summed E-state index contributed by atoms with van der Waals surface area (Å²) in [7, 11) is -1.30. The van der Waals surface area contributed by atoms with Crippen molar-refractivity contribution in [1.29, 1.82) is 0 Å². The van der Waals surface area contributed by atoms with Gasteiger partial charge in [-0.05, 0) is 48.4 Å². The summed E-state index contributed by atoms with van der Waals surface area (Å²) >= 11 is 0. The fraction of sp³-hybridized carbons (Fsp3) is 0.229. The van der Waals surface area contributed by atoms with Gasteiger partial charge in [-0.25, -0.2) is 0 Å². The predicted molar refractivity (Wildman–Crippen MR) is 173 cm³/mol. The van der Waals surface area contributed by atoms with Gasteiger partial charge in [0.15, 0.2) is 0 Å². The van der Waals surface area contributed by atoms with Gasteiger partial charge in [0.25, 0.3) is 0 Å². The molecule has 0 aliphatic carbocycles. The molecule has 6 aromatic rings. The van der Waals surface area contributed by atoms with E-state index in [4.69, 9.17) is 4.42 Å². The normalized spacial score (nSPS) is 12.6. The second kappa shape index (κ2) is 9.04. The van der Waals surface area contributed by atoms with Crippen LogP contribution in [-0.2, 0) is 7.05 Å². The molecule has 6 rings (SSSR count). The molecule has 0 unspecified atom stereocenters. The molecule has 2 heterocycles. The van der Waals surface area contributed by atoms with Gasteiger partial charge in [-0.2, -0.15) is 4.57 Å². The largest absolute Gasteiger partial charge is 0.455 e. The van der Waals surface area contributed by atoms with Crippen LogP contribution in [-0.4, -0.2) is 16.1 Å². The molecular formula is C35H38NOSi2+. The summed E-state index contributed by atoms with van der Waals surface area (Å²) in [6.45, 7) is 16.8. The van der Waals surface area contributed by atoms with Crippen LogP contribution in [0.25, 0.3) is 44.1 Å². The zero-order chi connectivity index (χ0) is 27.7. The van der Waals surface area contributed by atoms with Crippen LogP contribution in [0.5, 0.6) is 0 Å². The van der Waals surface area contributed by atoms with Crippen molar-refractivity contribution in [3.63, 3.8) is 0 Å².